The molecule has 316 valence electrons. The molecule has 0 saturated heterocycles. The molecule has 0 N–H and O–H groups in total. The van der Waals surface area contributed by atoms with Gasteiger partial charge in [0.15, 0.2) is 0 Å². The number of nitrogens with zero attached hydrogens (tertiary/aromatic N) is 4. The zero-order valence-electron chi connectivity index (χ0n) is 37.7. The summed E-state index contributed by atoms with van der Waals surface area (Å²) in [6, 6.07) is 42.1. The van der Waals surface area contributed by atoms with Crippen LogP contribution in [0.3, 0.4) is 0 Å². The molecule has 0 unspecified atom stereocenters. The number of benzene rings is 5. The minimum absolute atomic E-state index is 0. The molecule has 3 aromatic heterocycles. The summed E-state index contributed by atoms with van der Waals surface area (Å²) in [4.78, 5) is 4.85. The molecule has 0 radical (unpaired) electrons. The van der Waals surface area contributed by atoms with E-state index in [1.165, 1.54) is 33.4 Å². The molecule has 6 heteroatoms. The van der Waals surface area contributed by atoms with Gasteiger partial charge in [-0.3, -0.25) is 4.57 Å². The van der Waals surface area contributed by atoms with Crippen molar-refractivity contribution < 1.29 is 30.4 Å². The van der Waals surface area contributed by atoms with Crippen molar-refractivity contribution in [3.63, 3.8) is 0 Å². The zero-order valence-corrected chi connectivity index (χ0v) is 40.0. The molecule has 0 saturated carbocycles. The van der Waals surface area contributed by atoms with Crippen molar-refractivity contribution >= 4 is 21.8 Å². The number of hydrogen-bond acceptors (Lipinski definition) is 2. The quantitative estimate of drug-likeness (QED) is 0.107. The number of hydrogen-bond donors (Lipinski definition) is 0. The van der Waals surface area contributed by atoms with Gasteiger partial charge in [-0.25, -0.2) is 4.98 Å². The van der Waals surface area contributed by atoms with Gasteiger partial charge in [0.2, 0.25) is 0 Å². The van der Waals surface area contributed by atoms with Crippen molar-refractivity contribution in [1.82, 2.24) is 14.1 Å². The van der Waals surface area contributed by atoms with Gasteiger partial charge in [-0.05, 0) is 103 Å². The van der Waals surface area contributed by atoms with Crippen molar-refractivity contribution in [1.29, 1.82) is 0 Å². The van der Waals surface area contributed by atoms with Crippen LogP contribution in [-0.4, -0.2) is 14.1 Å². The maximum Gasteiger partial charge on any atom is 0.267 e. The fraction of sp³-hybridized carbons (Fsp3) is 0.309. The van der Waals surface area contributed by atoms with Gasteiger partial charge in [0.25, 0.3) is 6.33 Å². The number of ether oxygens (including phenoxy) is 1. The van der Waals surface area contributed by atoms with E-state index >= 15 is 0 Å². The van der Waals surface area contributed by atoms with Crippen LogP contribution in [0.5, 0.6) is 11.5 Å². The van der Waals surface area contributed by atoms with E-state index in [4.69, 9.17) is 9.72 Å². The summed E-state index contributed by atoms with van der Waals surface area (Å²) >= 11 is 0. The first kappa shape index (κ1) is 43.8. The maximum atomic E-state index is 6.71. The number of rotatable bonds is 9. The summed E-state index contributed by atoms with van der Waals surface area (Å²) < 4.78 is 13.0. The summed E-state index contributed by atoms with van der Waals surface area (Å²) in [5, 5.41) is 2.24. The van der Waals surface area contributed by atoms with Crippen LogP contribution in [0.15, 0.2) is 116 Å². The van der Waals surface area contributed by atoms with Crippen molar-refractivity contribution in [2.45, 2.75) is 112 Å². The summed E-state index contributed by atoms with van der Waals surface area (Å²) in [6.07, 6.45) is 9.61. The van der Waals surface area contributed by atoms with Crippen LogP contribution in [0.2, 0.25) is 0 Å². The monoisotopic (exact) mass is 985 g/mol. The van der Waals surface area contributed by atoms with E-state index in [2.05, 4.69) is 208 Å². The second-order valence-corrected chi connectivity index (χ2v) is 19.3. The molecule has 0 aliphatic heterocycles. The van der Waals surface area contributed by atoms with Crippen LogP contribution in [0, 0.1) is 18.5 Å². The van der Waals surface area contributed by atoms with Crippen LogP contribution in [0.4, 0.5) is 0 Å². The third-order valence-corrected chi connectivity index (χ3v) is 11.7. The first-order valence-corrected chi connectivity index (χ1v) is 21.5. The molecule has 0 atom stereocenters. The molecule has 0 aliphatic rings. The van der Waals surface area contributed by atoms with Crippen molar-refractivity contribution in [2.24, 2.45) is 0 Å². The van der Waals surface area contributed by atoms with Gasteiger partial charge in [0.1, 0.15) is 5.82 Å². The fourth-order valence-corrected chi connectivity index (χ4v) is 8.14. The van der Waals surface area contributed by atoms with E-state index in [1.807, 2.05) is 23.0 Å². The molecule has 8 aromatic rings. The number of para-hydroxylation sites is 1. The molecule has 0 aliphatic carbocycles. The minimum Gasteiger partial charge on any atom is -0.510 e. The van der Waals surface area contributed by atoms with E-state index < -0.39 is 0 Å². The average molecular weight is 986 g/mol. The number of fused-ring (bicyclic) bond motifs is 3. The van der Waals surface area contributed by atoms with Crippen LogP contribution in [0.1, 0.15) is 129 Å². The number of pyridine rings is 1. The van der Waals surface area contributed by atoms with Gasteiger partial charge >= 0.3 is 0 Å². The molecule has 0 amide bonds. The predicted molar refractivity (Wildman–Crippen MR) is 248 cm³/mol. The number of aromatic nitrogens is 4. The third-order valence-electron chi connectivity index (χ3n) is 11.7. The van der Waals surface area contributed by atoms with Crippen LogP contribution < -0.4 is 9.30 Å². The van der Waals surface area contributed by atoms with E-state index in [9.17, 15) is 0 Å². The molecule has 0 spiro atoms. The summed E-state index contributed by atoms with van der Waals surface area (Å²) in [5.41, 5.74) is 12.9. The SMILES string of the molecule is CC(C)c1cc(C(C)C)c(-c2cccc(-[n+]3[c-]n(-c4[c-]c(Oc5[c-]c6c(cc5)c5ccccc5n6-c5cc(C(C)(C)C)ccn5)cc(C(C)(C)C)c4)cc3)c2)c(C(C)C)c1.[Pt]. The Kier molecular flexibility index (Phi) is 12.1. The standard InChI is InChI=1S/C55H58N4O.Pt/c1-35(2)39-27-48(36(3)4)53(49(28-39)37(5)6)38-16-15-17-42(26-38)57-24-25-58(34-57)43-29-41(55(10,11)12)30-45(32-43)60-44-20-21-47-46-18-13-14-19-50(46)59(51(47)33-44)52-31-40(22-23-56-52)54(7,8)9;/h13-31,35-37H,1-12H3;/q-2;. The second kappa shape index (κ2) is 16.9. The van der Waals surface area contributed by atoms with Crippen molar-refractivity contribution in [2.75, 3.05) is 0 Å². The molecule has 0 bridgehead atoms. The Balaban J connectivity index is 0.00000561. The van der Waals surface area contributed by atoms with Crippen LogP contribution in [-0.2, 0) is 31.9 Å². The predicted octanol–water partition coefficient (Wildman–Crippen LogP) is 14.1. The van der Waals surface area contributed by atoms with E-state index in [0.717, 1.165) is 44.6 Å². The molecule has 61 heavy (non-hydrogen) atoms. The van der Waals surface area contributed by atoms with E-state index in [-0.39, 0.29) is 31.9 Å². The number of imidazole rings is 1. The van der Waals surface area contributed by atoms with Crippen LogP contribution in [0.25, 0.3) is 50.1 Å². The summed E-state index contributed by atoms with van der Waals surface area (Å²) in [6.45, 7) is 27.2. The maximum absolute atomic E-state index is 6.71. The molecular formula is C55H58N4OPt-2. The fourth-order valence-electron chi connectivity index (χ4n) is 8.14. The Labute approximate surface area is 377 Å². The summed E-state index contributed by atoms with van der Waals surface area (Å²) in [7, 11) is 0. The smallest absolute Gasteiger partial charge is 0.267 e. The first-order chi connectivity index (χ1) is 28.5. The Hall–Kier alpha value is -5.25. The van der Waals surface area contributed by atoms with Crippen LogP contribution >= 0.6 is 0 Å². The largest absolute Gasteiger partial charge is 0.510 e. The van der Waals surface area contributed by atoms with Gasteiger partial charge in [0.05, 0.1) is 5.69 Å². The Morgan fingerprint density at radius 2 is 1.36 bits per heavy atom. The van der Waals surface area contributed by atoms with E-state index in [0.29, 0.717) is 29.3 Å². The van der Waals surface area contributed by atoms with Gasteiger partial charge in [-0.2, -0.15) is 17.7 Å². The Morgan fingerprint density at radius 3 is 2.03 bits per heavy atom. The van der Waals surface area contributed by atoms with Crippen molar-refractivity contribution in [3.8, 4) is 39.8 Å². The summed E-state index contributed by atoms with van der Waals surface area (Å²) in [5.74, 6) is 3.35. The molecular weight excluding hydrogens is 928 g/mol. The zero-order chi connectivity index (χ0) is 42.7. The molecule has 5 nitrogen and oxygen atoms in total. The normalized spacial score (nSPS) is 12.2. The second-order valence-electron chi connectivity index (χ2n) is 19.3. The Bertz CT molecular complexity index is 2830. The topological polar surface area (TPSA) is 35.9 Å². The Morgan fingerprint density at radius 1 is 0.656 bits per heavy atom. The molecule has 5 aromatic carbocycles. The molecule has 0 fully saturated rings. The minimum atomic E-state index is -0.142. The van der Waals surface area contributed by atoms with Gasteiger partial charge in [-0.15, -0.1) is 29.7 Å². The van der Waals surface area contributed by atoms with Gasteiger partial charge < -0.3 is 13.9 Å². The average Bonchev–Trinajstić information content (AvgIpc) is 3.83. The first-order valence-electron chi connectivity index (χ1n) is 21.5. The van der Waals surface area contributed by atoms with E-state index in [1.54, 1.807) is 0 Å². The van der Waals surface area contributed by atoms with Gasteiger partial charge in [-0.1, -0.05) is 131 Å². The third kappa shape index (κ3) is 8.78. The van der Waals surface area contributed by atoms with Gasteiger partial charge in [0, 0.05) is 56.7 Å². The van der Waals surface area contributed by atoms with Crippen molar-refractivity contribution in [3.05, 3.63) is 162 Å². The molecule has 8 rings (SSSR count). The molecule has 3 heterocycles.